The highest BCUT2D eigenvalue weighted by atomic mass is 19.1. The second-order valence-electron chi connectivity index (χ2n) is 7.21. The van der Waals surface area contributed by atoms with Gasteiger partial charge >= 0.3 is 0 Å². The molecule has 1 aromatic heterocycles. The van der Waals surface area contributed by atoms with Gasteiger partial charge in [-0.05, 0) is 41.5 Å². The number of pyridine rings is 1. The molecule has 5 nitrogen and oxygen atoms in total. The summed E-state index contributed by atoms with van der Waals surface area (Å²) in [4.78, 5) is 6.87. The zero-order valence-corrected chi connectivity index (χ0v) is 16.6. The third-order valence-electron chi connectivity index (χ3n) is 5.39. The van der Waals surface area contributed by atoms with Gasteiger partial charge in [0.05, 0.1) is 25.8 Å². The number of hydrogen-bond donors (Lipinski definition) is 1. The Labute approximate surface area is 170 Å². The Morgan fingerprint density at radius 3 is 2.72 bits per heavy atom. The molecule has 152 valence electrons. The molecule has 0 aliphatic carbocycles. The Hall–Kier alpha value is -2.54. The molecule has 1 unspecified atom stereocenters. The standard InChI is InChI=1S/C23H26FN3O2/c1-28-21-6-4-17(5-7-21)22(27-9-11-29-12-10-27)16-25-15-19-14-20(24)13-18-3-2-8-26-23(18)19/h2-8,13-14,22,25H,9-12,15-16H2,1H3. The first-order valence-electron chi connectivity index (χ1n) is 9.94. The van der Waals surface area contributed by atoms with E-state index in [1.807, 2.05) is 24.3 Å². The van der Waals surface area contributed by atoms with Crippen LogP contribution in [0.15, 0.2) is 54.7 Å². The van der Waals surface area contributed by atoms with Crippen LogP contribution in [0.1, 0.15) is 17.2 Å². The highest BCUT2D eigenvalue weighted by Crippen LogP contribution is 2.24. The van der Waals surface area contributed by atoms with Gasteiger partial charge in [0.15, 0.2) is 0 Å². The van der Waals surface area contributed by atoms with Crippen LogP contribution in [0.5, 0.6) is 5.75 Å². The maximum Gasteiger partial charge on any atom is 0.124 e. The van der Waals surface area contributed by atoms with Gasteiger partial charge in [-0.25, -0.2) is 4.39 Å². The summed E-state index contributed by atoms with van der Waals surface area (Å²) >= 11 is 0. The van der Waals surface area contributed by atoms with Crippen molar-refractivity contribution < 1.29 is 13.9 Å². The predicted octanol–water partition coefficient (Wildman–Crippen LogP) is 3.55. The van der Waals surface area contributed by atoms with Gasteiger partial charge in [0.2, 0.25) is 0 Å². The predicted molar refractivity (Wildman–Crippen MR) is 112 cm³/mol. The van der Waals surface area contributed by atoms with Gasteiger partial charge in [0.25, 0.3) is 0 Å². The van der Waals surface area contributed by atoms with E-state index < -0.39 is 0 Å². The number of halogens is 1. The molecular formula is C23H26FN3O2. The average Bonchev–Trinajstić information content (AvgIpc) is 2.77. The van der Waals surface area contributed by atoms with Gasteiger partial charge in [0, 0.05) is 43.8 Å². The molecular weight excluding hydrogens is 369 g/mol. The summed E-state index contributed by atoms with van der Waals surface area (Å²) in [6, 6.07) is 15.2. The summed E-state index contributed by atoms with van der Waals surface area (Å²) in [5.41, 5.74) is 2.94. The van der Waals surface area contributed by atoms with Crippen LogP contribution in [-0.2, 0) is 11.3 Å². The minimum Gasteiger partial charge on any atom is -0.497 e. The Morgan fingerprint density at radius 2 is 1.97 bits per heavy atom. The second-order valence-corrected chi connectivity index (χ2v) is 7.21. The smallest absolute Gasteiger partial charge is 0.124 e. The number of nitrogens with zero attached hydrogens (tertiary/aromatic N) is 2. The Kier molecular flexibility index (Phi) is 6.34. The van der Waals surface area contributed by atoms with Crippen LogP contribution in [0, 0.1) is 5.82 Å². The molecule has 2 aromatic carbocycles. The van der Waals surface area contributed by atoms with Gasteiger partial charge in [-0.2, -0.15) is 0 Å². The van der Waals surface area contributed by atoms with Gasteiger partial charge in [0.1, 0.15) is 11.6 Å². The van der Waals surface area contributed by atoms with Crippen molar-refractivity contribution in [1.29, 1.82) is 0 Å². The zero-order valence-electron chi connectivity index (χ0n) is 16.6. The number of benzene rings is 2. The average molecular weight is 395 g/mol. The van der Waals surface area contributed by atoms with Crippen molar-refractivity contribution in [3.05, 3.63) is 71.7 Å². The summed E-state index contributed by atoms with van der Waals surface area (Å²) in [5.74, 6) is 0.613. The molecule has 1 N–H and O–H groups in total. The molecule has 0 bridgehead atoms. The lowest BCUT2D eigenvalue weighted by atomic mass is 10.0. The largest absolute Gasteiger partial charge is 0.497 e. The van der Waals surface area contributed by atoms with Crippen LogP contribution in [-0.4, -0.2) is 49.8 Å². The zero-order chi connectivity index (χ0) is 20.1. The highest BCUT2D eigenvalue weighted by Gasteiger charge is 2.22. The minimum atomic E-state index is -0.234. The molecule has 1 atom stereocenters. The number of fused-ring (bicyclic) bond motifs is 1. The summed E-state index contributed by atoms with van der Waals surface area (Å²) in [6.07, 6.45) is 1.75. The first kappa shape index (κ1) is 19.8. The number of aromatic nitrogens is 1. The fourth-order valence-electron chi connectivity index (χ4n) is 3.88. The molecule has 1 aliphatic rings. The van der Waals surface area contributed by atoms with E-state index in [1.165, 1.54) is 11.6 Å². The Balaban J connectivity index is 1.51. The lowest BCUT2D eigenvalue weighted by Crippen LogP contribution is -2.42. The summed E-state index contributed by atoms with van der Waals surface area (Å²) in [5, 5.41) is 4.35. The van der Waals surface area contributed by atoms with Crippen LogP contribution >= 0.6 is 0 Å². The first-order valence-corrected chi connectivity index (χ1v) is 9.94. The Morgan fingerprint density at radius 1 is 1.17 bits per heavy atom. The third-order valence-corrected chi connectivity index (χ3v) is 5.39. The number of rotatable bonds is 7. The maximum atomic E-state index is 14.0. The molecule has 29 heavy (non-hydrogen) atoms. The van der Waals surface area contributed by atoms with Crippen molar-refractivity contribution in [1.82, 2.24) is 15.2 Å². The van der Waals surface area contributed by atoms with Crippen molar-refractivity contribution in [2.45, 2.75) is 12.6 Å². The Bertz CT molecular complexity index is 943. The molecule has 6 heteroatoms. The molecule has 2 heterocycles. The van der Waals surface area contributed by atoms with Crippen molar-refractivity contribution >= 4 is 10.9 Å². The molecule has 4 rings (SSSR count). The number of hydrogen-bond acceptors (Lipinski definition) is 5. The van der Waals surface area contributed by atoms with E-state index >= 15 is 0 Å². The second kappa shape index (κ2) is 9.31. The van der Waals surface area contributed by atoms with Gasteiger partial charge in [-0.1, -0.05) is 18.2 Å². The molecule has 1 saturated heterocycles. The highest BCUT2D eigenvalue weighted by molar-refractivity contribution is 5.81. The van der Waals surface area contributed by atoms with Gasteiger partial charge in [-0.3, -0.25) is 9.88 Å². The van der Waals surface area contributed by atoms with Crippen LogP contribution in [0.3, 0.4) is 0 Å². The molecule has 0 radical (unpaired) electrons. The van der Waals surface area contributed by atoms with Crippen molar-refractivity contribution in [3.63, 3.8) is 0 Å². The lowest BCUT2D eigenvalue weighted by molar-refractivity contribution is 0.0161. The SMILES string of the molecule is COc1ccc(C(CNCc2cc(F)cc3cccnc23)N2CCOCC2)cc1. The molecule has 0 spiro atoms. The van der Waals surface area contributed by atoms with E-state index in [9.17, 15) is 4.39 Å². The van der Waals surface area contributed by atoms with Gasteiger partial charge < -0.3 is 14.8 Å². The van der Waals surface area contributed by atoms with Gasteiger partial charge in [-0.15, -0.1) is 0 Å². The van der Waals surface area contributed by atoms with E-state index in [-0.39, 0.29) is 11.9 Å². The van der Waals surface area contributed by atoms with E-state index in [0.29, 0.717) is 6.54 Å². The quantitative estimate of drug-likeness (QED) is 0.663. The molecule has 0 amide bonds. The fraction of sp³-hybridized carbons (Fsp3) is 0.348. The van der Waals surface area contributed by atoms with E-state index in [4.69, 9.17) is 9.47 Å². The number of ether oxygens (including phenoxy) is 2. The van der Waals surface area contributed by atoms with Crippen molar-refractivity contribution in [3.8, 4) is 5.75 Å². The summed E-state index contributed by atoms with van der Waals surface area (Å²) in [7, 11) is 1.67. The molecule has 1 fully saturated rings. The van der Waals surface area contributed by atoms with E-state index in [2.05, 4.69) is 27.3 Å². The van der Waals surface area contributed by atoms with Crippen molar-refractivity contribution in [2.75, 3.05) is 40.0 Å². The van der Waals surface area contributed by atoms with Crippen LogP contribution in [0.4, 0.5) is 4.39 Å². The normalized spacial score (nSPS) is 16.1. The topological polar surface area (TPSA) is 46.6 Å². The monoisotopic (exact) mass is 395 g/mol. The summed E-state index contributed by atoms with van der Waals surface area (Å²) < 4.78 is 24.8. The number of methoxy groups -OCH3 is 1. The minimum absolute atomic E-state index is 0.206. The lowest BCUT2D eigenvalue weighted by Gasteiger charge is -2.35. The molecule has 3 aromatic rings. The van der Waals surface area contributed by atoms with Crippen LogP contribution in [0.25, 0.3) is 10.9 Å². The van der Waals surface area contributed by atoms with Crippen LogP contribution < -0.4 is 10.1 Å². The molecule has 0 saturated carbocycles. The number of nitrogens with one attached hydrogen (secondary N) is 1. The third kappa shape index (κ3) is 4.72. The van der Waals surface area contributed by atoms with E-state index in [1.54, 1.807) is 19.4 Å². The first-order chi connectivity index (χ1) is 14.2. The molecule has 1 aliphatic heterocycles. The maximum absolute atomic E-state index is 14.0. The summed E-state index contributed by atoms with van der Waals surface area (Å²) in [6.45, 7) is 4.57. The number of morpholine rings is 1. The van der Waals surface area contributed by atoms with Crippen LogP contribution in [0.2, 0.25) is 0 Å². The van der Waals surface area contributed by atoms with Crippen molar-refractivity contribution in [2.24, 2.45) is 0 Å². The van der Waals surface area contributed by atoms with E-state index in [0.717, 1.165) is 55.1 Å². The fourth-order valence-corrected chi connectivity index (χ4v) is 3.88.